The van der Waals surface area contributed by atoms with Crippen molar-refractivity contribution in [2.45, 2.75) is 23.0 Å². The molecular weight excluding hydrogens is 350 g/mol. The summed E-state index contributed by atoms with van der Waals surface area (Å²) in [4.78, 5) is 11.5. The molecule has 3 nitrogen and oxygen atoms in total. The van der Waals surface area contributed by atoms with Crippen molar-refractivity contribution in [1.29, 1.82) is 5.41 Å². The van der Waals surface area contributed by atoms with Gasteiger partial charge in [0.25, 0.3) is 0 Å². The fraction of sp³-hybridized carbons (Fsp3) is 0.385. The molecule has 1 aliphatic carbocycles. The lowest BCUT2D eigenvalue weighted by Gasteiger charge is -2.19. The van der Waals surface area contributed by atoms with E-state index < -0.39 is 11.3 Å². The van der Waals surface area contributed by atoms with Crippen LogP contribution in [0.4, 0.5) is 0 Å². The number of alkyl halides is 1. The predicted octanol–water partition coefficient (Wildman–Crippen LogP) is 3.82. The van der Waals surface area contributed by atoms with Gasteiger partial charge in [0.15, 0.2) is 0 Å². The molecule has 0 aromatic heterocycles. The minimum Gasteiger partial charge on any atom is -0.468 e. The Kier molecular flexibility index (Phi) is 4.58. The van der Waals surface area contributed by atoms with Gasteiger partial charge in [-0.15, -0.1) is 11.6 Å². The Labute approximate surface area is 129 Å². The fourth-order valence-corrected chi connectivity index (χ4v) is 3.58. The van der Waals surface area contributed by atoms with Crippen LogP contribution in [0.1, 0.15) is 18.4 Å². The van der Waals surface area contributed by atoms with E-state index in [1.807, 2.05) is 24.3 Å². The zero-order valence-electron chi connectivity index (χ0n) is 10.3. The maximum Gasteiger partial charge on any atom is 0.325 e. The highest BCUT2D eigenvalue weighted by Crippen LogP contribution is 2.54. The molecule has 0 bridgehead atoms. The van der Waals surface area contributed by atoms with E-state index in [-0.39, 0.29) is 4.75 Å². The molecule has 102 valence electrons. The first kappa shape index (κ1) is 14.9. The fourth-order valence-electron chi connectivity index (χ4n) is 1.71. The third-order valence-corrected chi connectivity index (χ3v) is 5.77. The zero-order chi connectivity index (χ0) is 14.0. The number of esters is 1. The lowest BCUT2D eigenvalue weighted by atomic mass is 10.2. The molecule has 0 spiro atoms. The summed E-state index contributed by atoms with van der Waals surface area (Å²) in [6.07, 6.45) is 1.67. The number of hydrogen-bond acceptors (Lipinski definition) is 4. The van der Waals surface area contributed by atoms with Crippen LogP contribution in [0.3, 0.4) is 0 Å². The van der Waals surface area contributed by atoms with Gasteiger partial charge in [-0.1, -0.05) is 39.8 Å². The van der Waals surface area contributed by atoms with E-state index in [0.717, 1.165) is 22.9 Å². The summed E-state index contributed by atoms with van der Waals surface area (Å²) in [5, 5.41) is 7.86. The van der Waals surface area contributed by atoms with Crippen LogP contribution in [0.25, 0.3) is 0 Å². The van der Waals surface area contributed by atoms with E-state index in [0.29, 0.717) is 5.04 Å². The first-order valence-corrected chi connectivity index (χ1v) is 7.78. The van der Waals surface area contributed by atoms with Crippen molar-refractivity contribution in [1.82, 2.24) is 0 Å². The Balaban J connectivity index is 2.06. The van der Waals surface area contributed by atoms with Crippen LogP contribution in [-0.4, -0.2) is 28.2 Å². The molecule has 1 atom stereocenters. The smallest absolute Gasteiger partial charge is 0.325 e. The summed E-state index contributed by atoms with van der Waals surface area (Å²) < 4.78 is 5.28. The quantitative estimate of drug-likeness (QED) is 0.383. The molecule has 1 aromatic carbocycles. The molecule has 6 heteroatoms. The predicted molar refractivity (Wildman–Crippen MR) is 82.2 cm³/mol. The number of hydrogen-bond donors (Lipinski definition) is 1. The second kappa shape index (κ2) is 5.85. The maximum atomic E-state index is 11.5. The highest BCUT2D eigenvalue weighted by Gasteiger charge is 2.54. The standard InChI is InChI=1S/C13H13BrClNO2S/c1-18-12(17)10(15)13(6-7-13)19-11(16)8-2-4-9(14)5-3-8/h2-5,10,16H,6-7H2,1H3. The third kappa shape index (κ3) is 3.33. The molecule has 2 rings (SSSR count). The van der Waals surface area contributed by atoms with Crippen LogP contribution in [0.15, 0.2) is 28.7 Å². The van der Waals surface area contributed by atoms with E-state index >= 15 is 0 Å². The summed E-state index contributed by atoms with van der Waals surface area (Å²) >= 11 is 10.9. The lowest BCUT2D eigenvalue weighted by Crippen LogP contribution is -2.30. The monoisotopic (exact) mass is 361 g/mol. The van der Waals surface area contributed by atoms with E-state index in [1.165, 1.54) is 18.9 Å². The van der Waals surface area contributed by atoms with Crippen molar-refractivity contribution in [3.63, 3.8) is 0 Å². The van der Waals surface area contributed by atoms with Gasteiger partial charge in [0.1, 0.15) is 5.38 Å². The average molecular weight is 363 g/mol. The van der Waals surface area contributed by atoms with Gasteiger partial charge in [0.05, 0.1) is 12.2 Å². The van der Waals surface area contributed by atoms with Gasteiger partial charge >= 0.3 is 5.97 Å². The molecule has 1 fully saturated rings. The Morgan fingerprint density at radius 3 is 2.53 bits per heavy atom. The highest BCUT2D eigenvalue weighted by atomic mass is 79.9. The van der Waals surface area contributed by atoms with E-state index in [2.05, 4.69) is 20.7 Å². The highest BCUT2D eigenvalue weighted by molar-refractivity contribution is 9.10. The molecule has 0 radical (unpaired) electrons. The molecule has 1 aromatic rings. The topological polar surface area (TPSA) is 50.2 Å². The molecule has 1 aliphatic rings. The Morgan fingerprint density at radius 1 is 1.47 bits per heavy atom. The van der Waals surface area contributed by atoms with Gasteiger partial charge in [-0.2, -0.15) is 0 Å². The van der Waals surface area contributed by atoms with Gasteiger partial charge in [-0.05, 0) is 25.0 Å². The molecule has 1 N–H and O–H groups in total. The first-order chi connectivity index (χ1) is 8.98. The van der Waals surface area contributed by atoms with Crippen molar-refractivity contribution in [3.05, 3.63) is 34.3 Å². The second-order valence-corrected chi connectivity index (χ2v) is 7.17. The molecular formula is C13H13BrClNO2S. The largest absolute Gasteiger partial charge is 0.468 e. The van der Waals surface area contributed by atoms with E-state index in [9.17, 15) is 4.79 Å². The third-order valence-electron chi connectivity index (χ3n) is 3.02. The molecule has 0 heterocycles. The van der Waals surface area contributed by atoms with Crippen LogP contribution < -0.4 is 0 Å². The van der Waals surface area contributed by atoms with Gasteiger partial charge in [0.2, 0.25) is 0 Å². The molecule has 0 amide bonds. The summed E-state index contributed by atoms with van der Waals surface area (Å²) in [6.45, 7) is 0. The minimum atomic E-state index is -0.696. The van der Waals surface area contributed by atoms with Crippen LogP contribution in [-0.2, 0) is 9.53 Å². The van der Waals surface area contributed by atoms with Crippen molar-refractivity contribution in [2.75, 3.05) is 7.11 Å². The van der Waals surface area contributed by atoms with Gasteiger partial charge < -0.3 is 4.74 Å². The number of nitrogens with one attached hydrogen (secondary N) is 1. The van der Waals surface area contributed by atoms with Crippen LogP contribution in [0, 0.1) is 5.41 Å². The van der Waals surface area contributed by atoms with E-state index in [1.54, 1.807) is 0 Å². The zero-order valence-corrected chi connectivity index (χ0v) is 13.4. The maximum absolute atomic E-state index is 11.5. The number of thioether (sulfide) groups is 1. The van der Waals surface area contributed by atoms with Gasteiger partial charge in [0, 0.05) is 14.8 Å². The number of ether oxygens (including phenoxy) is 1. The molecule has 1 saturated carbocycles. The number of benzene rings is 1. The van der Waals surface area contributed by atoms with Gasteiger partial charge in [-0.25, -0.2) is 0 Å². The molecule has 0 aliphatic heterocycles. The Morgan fingerprint density at radius 2 is 2.05 bits per heavy atom. The number of carbonyl (C=O) groups excluding carboxylic acids is 1. The van der Waals surface area contributed by atoms with Gasteiger partial charge in [-0.3, -0.25) is 10.2 Å². The molecule has 0 saturated heterocycles. The number of halogens is 2. The molecule has 19 heavy (non-hydrogen) atoms. The Bertz CT molecular complexity index is 502. The van der Waals surface area contributed by atoms with Crippen LogP contribution in [0.2, 0.25) is 0 Å². The number of carbonyl (C=O) groups is 1. The van der Waals surface area contributed by atoms with Crippen LogP contribution >= 0.6 is 39.3 Å². The SMILES string of the molecule is COC(=O)C(Cl)C1(SC(=N)c2ccc(Br)cc2)CC1. The van der Waals surface area contributed by atoms with E-state index in [4.69, 9.17) is 17.0 Å². The summed E-state index contributed by atoms with van der Waals surface area (Å²) in [5.74, 6) is -0.421. The van der Waals surface area contributed by atoms with Crippen molar-refractivity contribution in [2.24, 2.45) is 0 Å². The summed E-state index contributed by atoms with van der Waals surface area (Å²) in [7, 11) is 1.33. The minimum absolute atomic E-state index is 0.376. The van der Waals surface area contributed by atoms with Crippen LogP contribution in [0.5, 0.6) is 0 Å². The second-order valence-electron chi connectivity index (χ2n) is 4.39. The van der Waals surface area contributed by atoms with Crippen molar-refractivity contribution in [3.8, 4) is 0 Å². The lowest BCUT2D eigenvalue weighted by molar-refractivity contribution is -0.140. The van der Waals surface area contributed by atoms with Crippen molar-refractivity contribution >= 4 is 50.3 Å². The summed E-state index contributed by atoms with van der Waals surface area (Å²) in [6, 6.07) is 7.53. The average Bonchev–Trinajstić information content (AvgIpc) is 3.18. The molecule has 1 unspecified atom stereocenters. The Hall–Kier alpha value is -0.520. The first-order valence-electron chi connectivity index (χ1n) is 5.74. The number of methoxy groups -OCH3 is 1. The normalized spacial score (nSPS) is 17.6. The summed E-state index contributed by atoms with van der Waals surface area (Å²) in [5.41, 5.74) is 0.827. The number of rotatable bonds is 4. The van der Waals surface area contributed by atoms with Crippen molar-refractivity contribution < 1.29 is 9.53 Å².